The summed E-state index contributed by atoms with van der Waals surface area (Å²) < 4.78 is 0. The minimum Gasteiger partial charge on any atom is -0.851 e. The van der Waals surface area contributed by atoms with Crippen LogP contribution in [0.5, 0.6) is 0 Å². The van der Waals surface area contributed by atoms with Crippen LogP contribution in [0.15, 0.2) is 0 Å². The topological polar surface area (TPSA) is 38.3 Å². The zero-order valence-corrected chi connectivity index (χ0v) is 9.49. The van der Waals surface area contributed by atoms with Gasteiger partial charge in [-0.15, -0.1) is 0 Å². The van der Waals surface area contributed by atoms with Crippen LogP contribution in [0.25, 0.3) is 0 Å². The quantitative estimate of drug-likeness (QED) is 0.271. The van der Waals surface area contributed by atoms with Crippen molar-refractivity contribution in [3.05, 3.63) is 0 Å². The SMILES string of the molecule is CCN(CC)NC([O-])=S.[Na+]. The standard InChI is InChI=1S/C5H12N2OS.Na/c1-3-7(4-2)6-5(8)9;/h3-4H2,1-2H3,(H2,6,8,9);/q;+1/p-1. The number of hydrazine groups is 1. The van der Waals surface area contributed by atoms with Crippen LogP contribution in [-0.4, -0.2) is 23.3 Å². The van der Waals surface area contributed by atoms with Crippen LogP contribution < -0.4 is 40.1 Å². The molecule has 0 amide bonds. The van der Waals surface area contributed by atoms with Gasteiger partial charge in [0.25, 0.3) is 0 Å². The van der Waals surface area contributed by atoms with E-state index in [1.54, 1.807) is 5.01 Å². The van der Waals surface area contributed by atoms with Gasteiger partial charge in [-0.3, -0.25) is 0 Å². The van der Waals surface area contributed by atoms with Crippen molar-refractivity contribution in [1.29, 1.82) is 0 Å². The van der Waals surface area contributed by atoms with Crippen LogP contribution in [-0.2, 0) is 0 Å². The van der Waals surface area contributed by atoms with Gasteiger partial charge in [-0.05, 0) is 0 Å². The molecule has 0 atom stereocenters. The second-order valence-electron chi connectivity index (χ2n) is 1.57. The van der Waals surface area contributed by atoms with Crippen LogP contribution in [0.4, 0.5) is 0 Å². The Kier molecular flexibility index (Phi) is 10.3. The second kappa shape index (κ2) is 7.75. The van der Waals surface area contributed by atoms with Gasteiger partial charge >= 0.3 is 29.6 Å². The molecule has 3 nitrogen and oxygen atoms in total. The summed E-state index contributed by atoms with van der Waals surface area (Å²) in [5.41, 5.74) is 2.49. The van der Waals surface area contributed by atoms with Crippen LogP contribution in [0.3, 0.4) is 0 Å². The molecule has 0 saturated heterocycles. The number of hydrogen-bond donors (Lipinski definition) is 1. The Morgan fingerprint density at radius 1 is 1.50 bits per heavy atom. The average Bonchev–Trinajstić information content (AvgIpc) is 1.82. The van der Waals surface area contributed by atoms with E-state index in [-0.39, 0.29) is 29.6 Å². The van der Waals surface area contributed by atoms with E-state index in [9.17, 15) is 5.11 Å². The van der Waals surface area contributed by atoms with Crippen molar-refractivity contribution < 1.29 is 34.7 Å². The summed E-state index contributed by atoms with van der Waals surface area (Å²) in [7, 11) is 0. The van der Waals surface area contributed by atoms with Crippen molar-refractivity contribution in [2.24, 2.45) is 0 Å². The van der Waals surface area contributed by atoms with E-state index in [4.69, 9.17) is 0 Å². The summed E-state index contributed by atoms with van der Waals surface area (Å²) in [4.78, 5) is 0. The van der Waals surface area contributed by atoms with Gasteiger partial charge in [0.2, 0.25) is 0 Å². The van der Waals surface area contributed by atoms with Gasteiger partial charge in [0.05, 0.1) is 0 Å². The van der Waals surface area contributed by atoms with E-state index in [0.717, 1.165) is 13.1 Å². The van der Waals surface area contributed by atoms with E-state index >= 15 is 0 Å². The molecule has 0 aromatic heterocycles. The smallest absolute Gasteiger partial charge is 0.851 e. The molecule has 0 aliphatic rings. The molecule has 0 aromatic carbocycles. The van der Waals surface area contributed by atoms with E-state index < -0.39 is 5.17 Å². The molecule has 5 heteroatoms. The van der Waals surface area contributed by atoms with Gasteiger partial charge in [-0.25, -0.2) is 5.01 Å². The first-order valence-electron chi connectivity index (χ1n) is 2.93. The van der Waals surface area contributed by atoms with Crippen LogP contribution in [0.1, 0.15) is 13.8 Å². The van der Waals surface area contributed by atoms with Gasteiger partial charge in [0, 0.05) is 18.3 Å². The monoisotopic (exact) mass is 170 g/mol. The molecule has 0 spiro atoms. The second-order valence-corrected chi connectivity index (χ2v) is 1.94. The third-order valence-electron chi connectivity index (χ3n) is 1.01. The maximum atomic E-state index is 10.2. The Balaban J connectivity index is 0. The van der Waals surface area contributed by atoms with Crippen LogP contribution in [0.2, 0.25) is 0 Å². The number of thiocarbonyl (C=S) groups is 1. The Morgan fingerprint density at radius 3 is 2.00 bits per heavy atom. The summed E-state index contributed by atoms with van der Waals surface area (Å²) in [6, 6.07) is 0. The molecule has 0 aliphatic heterocycles. The molecule has 54 valence electrons. The van der Waals surface area contributed by atoms with Crippen molar-refractivity contribution in [3.8, 4) is 0 Å². The minimum absolute atomic E-state index is 0. The predicted octanol–water partition coefficient (Wildman–Crippen LogP) is -3.52. The number of nitrogens with zero attached hydrogens (tertiary/aromatic N) is 1. The normalized spacial score (nSPS) is 8.70. The largest absolute Gasteiger partial charge is 1.00 e. The van der Waals surface area contributed by atoms with E-state index in [1.807, 2.05) is 13.8 Å². The van der Waals surface area contributed by atoms with Gasteiger partial charge in [0.1, 0.15) is 0 Å². The molecule has 0 bridgehead atoms. The van der Waals surface area contributed by atoms with Crippen molar-refractivity contribution in [1.82, 2.24) is 10.4 Å². The molecular formula is C5H11N2NaOS. The fourth-order valence-electron chi connectivity index (χ4n) is 0.511. The van der Waals surface area contributed by atoms with Crippen molar-refractivity contribution in [2.75, 3.05) is 13.1 Å². The Hall–Kier alpha value is 0.650. The first kappa shape index (κ1) is 13.3. The predicted molar refractivity (Wildman–Crippen MR) is 38.7 cm³/mol. The zero-order valence-electron chi connectivity index (χ0n) is 6.68. The fourth-order valence-corrected chi connectivity index (χ4v) is 0.640. The van der Waals surface area contributed by atoms with Crippen LogP contribution >= 0.6 is 12.2 Å². The summed E-state index contributed by atoms with van der Waals surface area (Å²) in [5, 5.41) is 11.6. The molecule has 1 N–H and O–H groups in total. The first-order chi connectivity index (χ1) is 4.20. The van der Waals surface area contributed by atoms with Crippen molar-refractivity contribution in [2.45, 2.75) is 13.8 Å². The summed E-state index contributed by atoms with van der Waals surface area (Å²) >= 11 is 4.30. The summed E-state index contributed by atoms with van der Waals surface area (Å²) in [6.07, 6.45) is 0. The Bertz CT molecular complexity index is 97.6. The van der Waals surface area contributed by atoms with Gasteiger partial charge in [-0.1, -0.05) is 26.1 Å². The molecule has 0 radical (unpaired) electrons. The molecule has 0 saturated carbocycles. The van der Waals surface area contributed by atoms with Crippen LogP contribution in [0, 0.1) is 0 Å². The van der Waals surface area contributed by atoms with E-state index in [2.05, 4.69) is 17.6 Å². The number of rotatable bonds is 3. The van der Waals surface area contributed by atoms with Gasteiger partial charge in [0.15, 0.2) is 0 Å². The van der Waals surface area contributed by atoms with Crippen molar-refractivity contribution in [3.63, 3.8) is 0 Å². The molecule has 0 heterocycles. The Morgan fingerprint density at radius 2 is 1.90 bits per heavy atom. The molecule has 0 aromatic rings. The Labute approximate surface area is 89.0 Å². The molecule has 0 unspecified atom stereocenters. The molecule has 0 rings (SSSR count). The minimum atomic E-state index is -0.418. The number of nitrogens with one attached hydrogen (secondary N) is 1. The van der Waals surface area contributed by atoms with E-state index in [0.29, 0.717) is 0 Å². The maximum Gasteiger partial charge on any atom is 1.00 e. The number of hydrogen-bond acceptors (Lipinski definition) is 3. The summed E-state index contributed by atoms with van der Waals surface area (Å²) in [5.74, 6) is 0. The third kappa shape index (κ3) is 6.77. The maximum absolute atomic E-state index is 10.2. The van der Waals surface area contributed by atoms with E-state index in [1.165, 1.54) is 0 Å². The van der Waals surface area contributed by atoms with Crippen molar-refractivity contribution >= 4 is 17.4 Å². The molecule has 10 heavy (non-hydrogen) atoms. The van der Waals surface area contributed by atoms with Gasteiger partial charge < -0.3 is 10.5 Å². The average molecular weight is 170 g/mol. The molecular weight excluding hydrogens is 159 g/mol. The zero-order chi connectivity index (χ0) is 7.28. The third-order valence-corrected chi connectivity index (χ3v) is 1.10. The molecule has 0 aliphatic carbocycles. The summed E-state index contributed by atoms with van der Waals surface area (Å²) in [6.45, 7) is 5.49. The molecule has 0 fully saturated rings. The van der Waals surface area contributed by atoms with Gasteiger partial charge in [-0.2, -0.15) is 0 Å². The first-order valence-corrected chi connectivity index (χ1v) is 3.34. The fraction of sp³-hybridized carbons (Fsp3) is 0.800.